The van der Waals surface area contributed by atoms with E-state index in [0.717, 1.165) is 6.42 Å². The molecule has 1 aromatic carbocycles. The van der Waals surface area contributed by atoms with Gasteiger partial charge in [-0.25, -0.2) is 4.79 Å². The number of hydrogen-bond acceptors (Lipinski definition) is 3. The third kappa shape index (κ3) is 4.68. The van der Waals surface area contributed by atoms with Crippen LogP contribution in [0.25, 0.3) is 0 Å². The highest BCUT2D eigenvalue weighted by Crippen LogP contribution is 2.17. The zero-order valence-electron chi connectivity index (χ0n) is 10.2. The first kappa shape index (κ1) is 13.2. The molecule has 1 aromatic rings. The maximum absolute atomic E-state index is 10.5. The standard InChI is InChI=1S/C13H18N2O2/c1-10(12-6-4-3-5-7-12)8-9-14-15-11(2)13(16)17/h3-7,10,14H,8-9H2,1-2H3,(H,16,17)/b15-11-. The van der Waals surface area contributed by atoms with Gasteiger partial charge in [-0.3, -0.25) is 0 Å². The summed E-state index contributed by atoms with van der Waals surface area (Å²) in [6.45, 7) is 4.28. The van der Waals surface area contributed by atoms with E-state index in [2.05, 4.69) is 29.6 Å². The summed E-state index contributed by atoms with van der Waals surface area (Å²) in [5.41, 5.74) is 4.14. The lowest BCUT2D eigenvalue weighted by atomic mass is 9.98. The van der Waals surface area contributed by atoms with E-state index in [-0.39, 0.29) is 5.71 Å². The Kier molecular flexibility index (Phi) is 5.20. The minimum atomic E-state index is -0.992. The summed E-state index contributed by atoms with van der Waals surface area (Å²) >= 11 is 0. The monoisotopic (exact) mass is 234 g/mol. The van der Waals surface area contributed by atoms with Crippen molar-refractivity contribution in [1.82, 2.24) is 5.43 Å². The summed E-state index contributed by atoms with van der Waals surface area (Å²) in [4.78, 5) is 10.5. The van der Waals surface area contributed by atoms with E-state index in [1.54, 1.807) is 0 Å². The van der Waals surface area contributed by atoms with Crippen molar-refractivity contribution in [3.8, 4) is 0 Å². The van der Waals surface area contributed by atoms with Crippen LogP contribution in [0.5, 0.6) is 0 Å². The van der Waals surface area contributed by atoms with Crippen molar-refractivity contribution in [2.75, 3.05) is 6.54 Å². The van der Waals surface area contributed by atoms with Gasteiger partial charge in [0.05, 0.1) is 0 Å². The van der Waals surface area contributed by atoms with Crippen LogP contribution >= 0.6 is 0 Å². The topological polar surface area (TPSA) is 61.7 Å². The number of nitrogens with zero attached hydrogens (tertiary/aromatic N) is 1. The maximum atomic E-state index is 10.5. The minimum Gasteiger partial charge on any atom is -0.477 e. The molecule has 0 spiro atoms. The molecule has 0 saturated heterocycles. The summed E-state index contributed by atoms with van der Waals surface area (Å²) in [5, 5.41) is 12.4. The molecule has 0 aliphatic heterocycles. The van der Waals surface area contributed by atoms with Crippen LogP contribution in [-0.4, -0.2) is 23.3 Å². The van der Waals surface area contributed by atoms with Crippen molar-refractivity contribution in [3.05, 3.63) is 35.9 Å². The molecule has 1 rings (SSSR count). The van der Waals surface area contributed by atoms with Crippen molar-refractivity contribution in [3.63, 3.8) is 0 Å². The molecule has 0 fully saturated rings. The van der Waals surface area contributed by atoms with E-state index < -0.39 is 5.97 Å². The fraction of sp³-hybridized carbons (Fsp3) is 0.385. The van der Waals surface area contributed by atoms with Gasteiger partial charge in [-0.2, -0.15) is 5.10 Å². The van der Waals surface area contributed by atoms with Crippen molar-refractivity contribution >= 4 is 11.7 Å². The Labute approximate surface area is 101 Å². The molecule has 1 atom stereocenters. The smallest absolute Gasteiger partial charge is 0.351 e. The first-order valence-electron chi connectivity index (χ1n) is 5.66. The Morgan fingerprint density at radius 3 is 2.65 bits per heavy atom. The van der Waals surface area contributed by atoms with Gasteiger partial charge in [0.15, 0.2) is 0 Å². The van der Waals surface area contributed by atoms with Gasteiger partial charge in [-0.15, -0.1) is 0 Å². The fourth-order valence-corrected chi connectivity index (χ4v) is 1.45. The molecule has 0 aromatic heterocycles. The van der Waals surface area contributed by atoms with Gasteiger partial charge >= 0.3 is 5.97 Å². The number of carbonyl (C=O) groups is 1. The second kappa shape index (κ2) is 6.68. The second-order valence-corrected chi connectivity index (χ2v) is 4.01. The molecule has 0 heterocycles. The highest BCUT2D eigenvalue weighted by molar-refractivity contribution is 6.34. The Bertz CT molecular complexity index is 388. The molecule has 17 heavy (non-hydrogen) atoms. The minimum absolute atomic E-state index is 0.0809. The molecule has 0 saturated carbocycles. The summed E-state index contributed by atoms with van der Waals surface area (Å²) in [6.07, 6.45) is 0.917. The average Bonchev–Trinajstić information content (AvgIpc) is 2.35. The van der Waals surface area contributed by atoms with Crippen LogP contribution in [0.1, 0.15) is 31.7 Å². The van der Waals surface area contributed by atoms with Gasteiger partial charge in [-0.05, 0) is 24.8 Å². The predicted octanol–water partition coefficient (Wildman–Crippen LogP) is 2.23. The lowest BCUT2D eigenvalue weighted by Crippen LogP contribution is -2.17. The van der Waals surface area contributed by atoms with Crippen LogP contribution in [-0.2, 0) is 4.79 Å². The van der Waals surface area contributed by atoms with Crippen molar-refractivity contribution in [1.29, 1.82) is 0 Å². The van der Waals surface area contributed by atoms with Crippen LogP contribution < -0.4 is 5.43 Å². The molecule has 2 N–H and O–H groups in total. The number of nitrogens with one attached hydrogen (secondary N) is 1. The highest BCUT2D eigenvalue weighted by atomic mass is 16.4. The summed E-state index contributed by atoms with van der Waals surface area (Å²) in [7, 11) is 0. The molecular formula is C13H18N2O2. The van der Waals surface area contributed by atoms with Gasteiger partial charge < -0.3 is 10.5 Å². The molecule has 4 nitrogen and oxygen atoms in total. The number of rotatable bonds is 6. The Morgan fingerprint density at radius 2 is 2.06 bits per heavy atom. The maximum Gasteiger partial charge on any atom is 0.351 e. The zero-order chi connectivity index (χ0) is 12.7. The van der Waals surface area contributed by atoms with Crippen molar-refractivity contribution in [2.24, 2.45) is 5.10 Å². The molecular weight excluding hydrogens is 216 g/mol. The van der Waals surface area contributed by atoms with Crippen LogP contribution in [0.2, 0.25) is 0 Å². The average molecular weight is 234 g/mol. The normalized spacial score (nSPS) is 13.2. The predicted molar refractivity (Wildman–Crippen MR) is 68.2 cm³/mol. The highest BCUT2D eigenvalue weighted by Gasteiger charge is 2.04. The third-order valence-electron chi connectivity index (χ3n) is 2.61. The lowest BCUT2D eigenvalue weighted by molar-refractivity contribution is -0.129. The van der Waals surface area contributed by atoms with E-state index in [9.17, 15) is 4.79 Å². The molecule has 4 heteroatoms. The summed E-state index contributed by atoms with van der Waals surface area (Å²) in [5.74, 6) is -0.558. The molecule has 0 radical (unpaired) electrons. The zero-order valence-corrected chi connectivity index (χ0v) is 10.2. The largest absolute Gasteiger partial charge is 0.477 e. The van der Waals surface area contributed by atoms with Crippen LogP contribution in [0.4, 0.5) is 0 Å². The van der Waals surface area contributed by atoms with E-state index >= 15 is 0 Å². The number of aliphatic carboxylic acids is 1. The van der Waals surface area contributed by atoms with Crippen LogP contribution in [0.3, 0.4) is 0 Å². The molecule has 0 aliphatic rings. The van der Waals surface area contributed by atoms with Gasteiger partial charge in [-0.1, -0.05) is 37.3 Å². The molecule has 1 unspecified atom stereocenters. The van der Waals surface area contributed by atoms with E-state index in [1.807, 2.05) is 18.2 Å². The van der Waals surface area contributed by atoms with Gasteiger partial charge in [0.2, 0.25) is 0 Å². The van der Waals surface area contributed by atoms with Gasteiger partial charge in [0, 0.05) is 6.54 Å². The van der Waals surface area contributed by atoms with Gasteiger partial charge in [0.1, 0.15) is 5.71 Å². The Hall–Kier alpha value is -1.84. The van der Waals surface area contributed by atoms with E-state index in [4.69, 9.17) is 5.11 Å². The number of carboxylic acid groups (broad SMARTS) is 1. The fourth-order valence-electron chi connectivity index (χ4n) is 1.45. The van der Waals surface area contributed by atoms with E-state index in [1.165, 1.54) is 12.5 Å². The van der Waals surface area contributed by atoms with Crippen LogP contribution in [0.15, 0.2) is 35.4 Å². The first-order valence-corrected chi connectivity index (χ1v) is 5.66. The Balaban J connectivity index is 2.33. The van der Waals surface area contributed by atoms with Gasteiger partial charge in [0.25, 0.3) is 0 Å². The summed E-state index contributed by atoms with van der Waals surface area (Å²) < 4.78 is 0. The quantitative estimate of drug-likeness (QED) is 0.451. The molecule has 0 amide bonds. The number of benzene rings is 1. The molecule has 92 valence electrons. The second-order valence-electron chi connectivity index (χ2n) is 4.01. The summed E-state index contributed by atoms with van der Waals surface area (Å²) in [6, 6.07) is 10.2. The van der Waals surface area contributed by atoms with Crippen LogP contribution in [0, 0.1) is 0 Å². The first-order chi connectivity index (χ1) is 8.11. The van der Waals surface area contributed by atoms with Crippen molar-refractivity contribution < 1.29 is 9.90 Å². The Morgan fingerprint density at radius 1 is 1.41 bits per heavy atom. The lowest BCUT2D eigenvalue weighted by Gasteiger charge is -2.11. The van der Waals surface area contributed by atoms with Crippen molar-refractivity contribution in [2.45, 2.75) is 26.2 Å². The third-order valence-corrected chi connectivity index (χ3v) is 2.61. The SMILES string of the molecule is C/C(=N/NCCC(C)c1ccccc1)C(=O)O. The number of hydrogen-bond donors (Lipinski definition) is 2. The molecule has 0 bridgehead atoms. The number of carboxylic acids is 1. The number of hydrazone groups is 1. The van der Waals surface area contributed by atoms with E-state index in [0.29, 0.717) is 12.5 Å². The molecule has 0 aliphatic carbocycles.